The van der Waals surface area contributed by atoms with Crippen LogP contribution in [0, 0.1) is 6.92 Å². The molecule has 11 nitrogen and oxygen atoms in total. The number of aromatic nitrogens is 5. The van der Waals surface area contributed by atoms with Gasteiger partial charge in [0.05, 0.1) is 6.54 Å². The number of nitrogens with two attached hydrogens (primary N) is 1. The summed E-state index contributed by atoms with van der Waals surface area (Å²) in [6.07, 6.45) is -0.905. The molecule has 176 valence electrons. The lowest BCUT2D eigenvalue weighted by Crippen LogP contribution is -2.54. The van der Waals surface area contributed by atoms with Gasteiger partial charge in [0.2, 0.25) is 23.6 Å². The summed E-state index contributed by atoms with van der Waals surface area (Å²) in [6, 6.07) is 3.16. The van der Waals surface area contributed by atoms with Crippen LogP contribution in [0.2, 0.25) is 0 Å². The molecule has 0 bridgehead atoms. The lowest BCUT2D eigenvalue weighted by Gasteiger charge is -2.37. The molecule has 5 heterocycles. The molecule has 0 radical (unpaired) electrons. The maximum atomic E-state index is 13.2. The normalized spacial score (nSPS) is 19.8. The van der Waals surface area contributed by atoms with E-state index in [4.69, 9.17) is 10.2 Å². The van der Waals surface area contributed by atoms with Crippen molar-refractivity contribution < 1.29 is 18.0 Å². The topological polar surface area (TPSA) is 122 Å². The third-order valence-electron chi connectivity index (χ3n) is 6.06. The predicted octanol–water partition coefficient (Wildman–Crippen LogP) is 1.05. The zero-order chi connectivity index (χ0) is 23.1. The first kappa shape index (κ1) is 21.5. The van der Waals surface area contributed by atoms with Gasteiger partial charge in [0.1, 0.15) is 11.8 Å². The maximum absolute atomic E-state index is 13.2. The zero-order valence-corrected chi connectivity index (χ0v) is 18.2. The maximum Gasteiger partial charge on any atom is 0.259 e. The first-order chi connectivity index (χ1) is 15.9. The molecule has 13 heteroatoms. The zero-order valence-electron chi connectivity index (χ0n) is 18.2. The highest BCUT2D eigenvalue weighted by Crippen LogP contribution is 2.26. The lowest BCUT2D eigenvalue weighted by atomic mass is 10.1. The summed E-state index contributed by atoms with van der Waals surface area (Å²) in [4.78, 5) is 31.8. The third kappa shape index (κ3) is 4.19. The van der Waals surface area contributed by atoms with Crippen LogP contribution in [0.4, 0.5) is 20.7 Å². The summed E-state index contributed by atoms with van der Waals surface area (Å²) in [5.74, 6) is 2.23. The van der Waals surface area contributed by atoms with Crippen molar-refractivity contribution in [1.82, 2.24) is 34.4 Å². The Morgan fingerprint density at radius 2 is 1.97 bits per heavy atom. The molecule has 0 saturated carbocycles. The molecule has 1 amide bonds. The van der Waals surface area contributed by atoms with Crippen LogP contribution < -0.4 is 10.6 Å². The van der Waals surface area contributed by atoms with Crippen molar-refractivity contribution in [1.29, 1.82) is 0 Å². The predicted molar refractivity (Wildman–Crippen MR) is 115 cm³/mol. The molecule has 2 N–H and O–H groups in total. The van der Waals surface area contributed by atoms with Crippen molar-refractivity contribution in [2.45, 2.75) is 32.2 Å². The van der Waals surface area contributed by atoms with E-state index in [0.717, 1.165) is 12.2 Å². The van der Waals surface area contributed by atoms with E-state index in [0.29, 0.717) is 56.7 Å². The fraction of sp³-hybridized carbons (Fsp3) is 0.550. The van der Waals surface area contributed by atoms with Gasteiger partial charge in [0.15, 0.2) is 5.76 Å². The number of fused-ring (bicyclic) bond motifs is 1. The van der Waals surface area contributed by atoms with Gasteiger partial charge in [-0.15, -0.1) is 5.10 Å². The fourth-order valence-electron chi connectivity index (χ4n) is 4.40. The van der Waals surface area contributed by atoms with E-state index in [2.05, 4.69) is 20.1 Å². The summed E-state index contributed by atoms with van der Waals surface area (Å²) in [5, 5.41) is 4.33. The number of nitrogens with zero attached hydrogens (tertiary/aromatic N) is 8. The Balaban J connectivity index is 1.35. The van der Waals surface area contributed by atoms with Crippen LogP contribution in [0.3, 0.4) is 0 Å². The van der Waals surface area contributed by atoms with Crippen LogP contribution in [-0.2, 0) is 4.79 Å². The summed E-state index contributed by atoms with van der Waals surface area (Å²) >= 11 is 0. The molecule has 0 spiro atoms. The second-order valence-corrected chi connectivity index (χ2v) is 8.31. The van der Waals surface area contributed by atoms with Crippen LogP contribution in [0.1, 0.15) is 18.6 Å². The molecule has 2 fully saturated rings. The molecular formula is C20H25F2N9O2. The van der Waals surface area contributed by atoms with E-state index in [1.807, 2.05) is 17.9 Å². The highest BCUT2D eigenvalue weighted by atomic mass is 19.3. The number of anilines is 2. The van der Waals surface area contributed by atoms with Gasteiger partial charge in [0.25, 0.3) is 12.2 Å². The molecule has 3 aromatic heterocycles. The molecule has 3 aromatic rings. The molecule has 0 aliphatic carbocycles. The highest BCUT2D eigenvalue weighted by Gasteiger charge is 2.37. The summed E-state index contributed by atoms with van der Waals surface area (Å²) < 4.78 is 32.2. The molecule has 0 unspecified atom stereocenters. The minimum absolute atomic E-state index is 0.0422. The van der Waals surface area contributed by atoms with E-state index in [1.54, 1.807) is 15.9 Å². The highest BCUT2D eigenvalue weighted by molar-refractivity contribution is 5.85. The minimum Gasteiger partial charge on any atom is -0.458 e. The van der Waals surface area contributed by atoms with Crippen molar-refractivity contribution in [3.63, 3.8) is 0 Å². The molecule has 0 aromatic carbocycles. The van der Waals surface area contributed by atoms with E-state index in [1.165, 1.54) is 4.52 Å². The Morgan fingerprint density at radius 1 is 1.18 bits per heavy atom. The number of nitrogen functional groups attached to an aromatic ring is 1. The SMILES string of the molecule is Cc1ccc(-c2nc3nc(N4CCC[C@H]4C(=O)N4CCN(CC(F)F)CC4)nc(N)n3n2)o1. The second kappa shape index (κ2) is 8.54. The fourth-order valence-corrected chi connectivity index (χ4v) is 4.40. The summed E-state index contributed by atoms with van der Waals surface area (Å²) in [7, 11) is 0. The van der Waals surface area contributed by atoms with Crippen molar-refractivity contribution >= 4 is 23.6 Å². The number of hydrogen-bond donors (Lipinski definition) is 1. The van der Waals surface area contributed by atoms with E-state index < -0.39 is 12.5 Å². The van der Waals surface area contributed by atoms with Gasteiger partial charge >= 0.3 is 0 Å². The molecule has 1 atom stereocenters. The van der Waals surface area contributed by atoms with Gasteiger partial charge < -0.3 is 20.0 Å². The molecule has 33 heavy (non-hydrogen) atoms. The number of piperazine rings is 1. The van der Waals surface area contributed by atoms with E-state index >= 15 is 0 Å². The van der Waals surface area contributed by atoms with Gasteiger partial charge in [-0.2, -0.15) is 19.5 Å². The van der Waals surface area contributed by atoms with Gasteiger partial charge in [-0.25, -0.2) is 8.78 Å². The Kier molecular flexibility index (Phi) is 5.56. The first-order valence-corrected chi connectivity index (χ1v) is 10.9. The van der Waals surface area contributed by atoms with E-state index in [-0.39, 0.29) is 24.2 Å². The molecule has 2 aliphatic heterocycles. The minimum atomic E-state index is -2.37. The Hall–Kier alpha value is -3.35. The standard InChI is InChI=1S/C20H25F2N9O2/c1-12-4-5-14(33-12)16-24-20-26-19(25-18(23)31(20)27-16)30-6-2-3-13(30)17(32)29-9-7-28(8-10-29)11-15(21)22/h4-5,13,15H,2-3,6-11H2,1H3,(H2,23,24,25,26,27)/t13-/m0/s1. The number of furan rings is 1. The second-order valence-electron chi connectivity index (χ2n) is 8.31. The van der Waals surface area contributed by atoms with Crippen molar-refractivity contribution in [3.8, 4) is 11.6 Å². The molecule has 2 aliphatic rings. The summed E-state index contributed by atoms with van der Waals surface area (Å²) in [6.45, 7) is 3.90. The molecular weight excluding hydrogens is 436 g/mol. The Labute approximate surface area is 188 Å². The number of aryl methyl sites for hydroxylation is 1. The molecule has 2 saturated heterocycles. The smallest absolute Gasteiger partial charge is 0.259 e. The van der Waals surface area contributed by atoms with Crippen LogP contribution in [0.5, 0.6) is 0 Å². The van der Waals surface area contributed by atoms with Gasteiger partial charge in [0, 0.05) is 32.7 Å². The van der Waals surface area contributed by atoms with E-state index in [9.17, 15) is 13.6 Å². The monoisotopic (exact) mass is 461 g/mol. The summed E-state index contributed by atoms with van der Waals surface area (Å²) in [5.41, 5.74) is 6.13. The van der Waals surface area contributed by atoms with Crippen molar-refractivity contribution in [2.24, 2.45) is 0 Å². The Morgan fingerprint density at radius 3 is 2.67 bits per heavy atom. The first-order valence-electron chi connectivity index (χ1n) is 10.9. The third-order valence-corrected chi connectivity index (χ3v) is 6.06. The number of carbonyl (C=O) groups excluding carboxylic acids is 1. The van der Waals surface area contributed by atoms with Crippen molar-refractivity contribution in [3.05, 3.63) is 17.9 Å². The number of rotatable bonds is 5. The van der Waals surface area contributed by atoms with Crippen LogP contribution in [-0.4, -0.2) is 92.0 Å². The van der Waals surface area contributed by atoms with Crippen molar-refractivity contribution in [2.75, 3.05) is 49.9 Å². The lowest BCUT2D eigenvalue weighted by molar-refractivity contribution is -0.134. The number of carbonyl (C=O) groups is 1. The van der Waals surface area contributed by atoms with Crippen LogP contribution in [0.25, 0.3) is 17.4 Å². The number of hydrogen-bond acceptors (Lipinski definition) is 9. The van der Waals surface area contributed by atoms with Gasteiger partial charge in [-0.05, 0) is 31.9 Å². The average molecular weight is 461 g/mol. The van der Waals surface area contributed by atoms with Crippen LogP contribution in [0.15, 0.2) is 16.5 Å². The largest absolute Gasteiger partial charge is 0.458 e. The molecule has 5 rings (SSSR count). The van der Waals surface area contributed by atoms with Crippen LogP contribution >= 0.6 is 0 Å². The number of halogens is 2. The average Bonchev–Trinajstić information content (AvgIpc) is 3.52. The quantitative estimate of drug-likeness (QED) is 0.594. The number of amides is 1. The number of alkyl halides is 2. The Bertz CT molecular complexity index is 1160. The van der Waals surface area contributed by atoms with Gasteiger partial charge in [-0.3, -0.25) is 9.69 Å². The van der Waals surface area contributed by atoms with Gasteiger partial charge in [-0.1, -0.05) is 0 Å².